The Labute approximate surface area is 152 Å². The molecular formula is C21H33N3O. The van der Waals surface area contributed by atoms with Crippen molar-refractivity contribution in [1.29, 1.82) is 0 Å². The van der Waals surface area contributed by atoms with E-state index in [2.05, 4.69) is 45.4 Å². The zero-order chi connectivity index (χ0) is 17.6. The summed E-state index contributed by atoms with van der Waals surface area (Å²) in [6, 6.07) is 11.5. The molecule has 0 radical (unpaired) electrons. The summed E-state index contributed by atoms with van der Waals surface area (Å²) in [5, 5.41) is 3.13. The van der Waals surface area contributed by atoms with Crippen molar-refractivity contribution in [2.75, 3.05) is 32.7 Å². The fourth-order valence-electron chi connectivity index (χ4n) is 4.14. The highest BCUT2D eigenvalue weighted by atomic mass is 16.1. The molecule has 138 valence electrons. The third-order valence-corrected chi connectivity index (χ3v) is 5.65. The van der Waals surface area contributed by atoms with Crippen LogP contribution in [0.15, 0.2) is 30.3 Å². The molecule has 0 unspecified atom stereocenters. The average molecular weight is 344 g/mol. The first-order chi connectivity index (χ1) is 12.1. The van der Waals surface area contributed by atoms with Crippen LogP contribution in [0.3, 0.4) is 0 Å². The summed E-state index contributed by atoms with van der Waals surface area (Å²) in [4.78, 5) is 17.1. The topological polar surface area (TPSA) is 35.6 Å². The van der Waals surface area contributed by atoms with E-state index in [9.17, 15) is 4.79 Å². The Hall–Kier alpha value is -1.39. The highest BCUT2D eigenvalue weighted by molar-refractivity contribution is 5.77. The van der Waals surface area contributed by atoms with E-state index in [0.29, 0.717) is 12.0 Å². The maximum Gasteiger partial charge on any atom is 0.222 e. The van der Waals surface area contributed by atoms with Crippen molar-refractivity contribution in [3.63, 3.8) is 0 Å². The first kappa shape index (κ1) is 18.4. The van der Waals surface area contributed by atoms with Gasteiger partial charge in [-0.15, -0.1) is 0 Å². The molecule has 1 aromatic rings. The van der Waals surface area contributed by atoms with E-state index < -0.39 is 0 Å². The lowest BCUT2D eigenvalue weighted by Gasteiger charge is -2.37. The van der Waals surface area contributed by atoms with Gasteiger partial charge in [-0.2, -0.15) is 0 Å². The van der Waals surface area contributed by atoms with Crippen LogP contribution in [0, 0.1) is 11.8 Å². The van der Waals surface area contributed by atoms with Gasteiger partial charge in [0.25, 0.3) is 0 Å². The van der Waals surface area contributed by atoms with Crippen LogP contribution in [0.5, 0.6) is 0 Å². The van der Waals surface area contributed by atoms with Crippen LogP contribution in [0.4, 0.5) is 0 Å². The van der Waals surface area contributed by atoms with Gasteiger partial charge in [-0.3, -0.25) is 14.6 Å². The molecule has 0 spiro atoms. The van der Waals surface area contributed by atoms with Crippen LogP contribution in [-0.4, -0.2) is 54.5 Å². The third-order valence-electron chi connectivity index (χ3n) is 5.65. The molecule has 4 nitrogen and oxygen atoms in total. The summed E-state index contributed by atoms with van der Waals surface area (Å²) < 4.78 is 0. The van der Waals surface area contributed by atoms with E-state index in [1.54, 1.807) is 0 Å². The second-order valence-electron chi connectivity index (χ2n) is 8.07. The zero-order valence-electron chi connectivity index (χ0n) is 15.8. The summed E-state index contributed by atoms with van der Waals surface area (Å²) in [6.45, 7) is 10.6. The Morgan fingerprint density at radius 3 is 2.72 bits per heavy atom. The van der Waals surface area contributed by atoms with Gasteiger partial charge in [0, 0.05) is 44.7 Å². The normalized spacial score (nSPS) is 25.4. The summed E-state index contributed by atoms with van der Waals surface area (Å²) >= 11 is 0. The van der Waals surface area contributed by atoms with Crippen LogP contribution >= 0.6 is 0 Å². The lowest BCUT2D eigenvalue weighted by atomic mass is 9.96. The monoisotopic (exact) mass is 343 g/mol. The summed E-state index contributed by atoms with van der Waals surface area (Å²) in [7, 11) is 0. The Morgan fingerprint density at radius 1 is 1.16 bits per heavy atom. The van der Waals surface area contributed by atoms with Gasteiger partial charge in [-0.05, 0) is 37.3 Å². The van der Waals surface area contributed by atoms with Crippen LogP contribution in [-0.2, 0) is 11.3 Å². The van der Waals surface area contributed by atoms with E-state index in [-0.39, 0.29) is 11.8 Å². The molecule has 1 N–H and O–H groups in total. The van der Waals surface area contributed by atoms with Crippen LogP contribution < -0.4 is 5.32 Å². The maximum atomic E-state index is 11.8. The van der Waals surface area contributed by atoms with E-state index in [1.807, 2.05) is 13.8 Å². The molecule has 0 aliphatic carbocycles. The Balaban J connectivity index is 1.45. The molecule has 2 fully saturated rings. The molecule has 0 aromatic heterocycles. The highest BCUT2D eigenvalue weighted by Gasteiger charge is 2.31. The van der Waals surface area contributed by atoms with Crippen LogP contribution in [0.25, 0.3) is 0 Å². The molecule has 2 heterocycles. The SMILES string of the molecule is CC(C)C(=O)NC[C@@H]1CCCN([C@H]2CCN(Cc3ccccc3)C2)C1. The number of rotatable bonds is 6. The summed E-state index contributed by atoms with van der Waals surface area (Å²) in [6.07, 6.45) is 3.78. The third kappa shape index (κ3) is 5.29. The minimum absolute atomic E-state index is 0.0843. The largest absolute Gasteiger partial charge is 0.356 e. The Morgan fingerprint density at radius 2 is 1.96 bits per heavy atom. The van der Waals surface area contributed by atoms with Gasteiger partial charge < -0.3 is 5.32 Å². The highest BCUT2D eigenvalue weighted by Crippen LogP contribution is 2.24. The van der Waals surface area contributed by atoms with E-state index in [4.69, 9.17) is 0 Å². The summed E-state index contributed by atoms with van der Waals surface area (Å²) in [5.41, 5.74) is 1.41. The average Bonchev–Trinajstić information content (AvgIpc) is 3.09. The molecule has 25 heavy (non-hydrogen) atoms. The van der Waals surface area contributed by atoms with Crippen molar-refractivity contribution in [3.05, 3.63) is 35.9 Å². The zero-order valence-corrected chi connectivity index (χ0v) is 15.8. The number of carbonyl (C=O) groups excluding carboxylic acids is 1. The quantitative estimate of drug-likeness (QED) is 0.863. The fraction of sp³-hybridized carbons (Fsp3) is 0.667. The number of hydrogen-bond donors (Lipinski definition) is 1. The number of amides is 1. The molecular weight excluding hydrogens is 310 g/mol. The molecule has 2 aliphatic heterocycles. The van der Waals surface area contributed by atoms with E-state index >= 15 is 0 Å². The van der Waals surface area contributed by atoms with Gasteiger partial charge in [-0.25, -0.2) is 0 Å². The first-order valence-electron chi connectivity index (χ1n) is 9.90. The number of benzene rings is 1. The number of likely N-dealkylation sites (tertiary alicyclic amines) is 2. The van der Waals surface area contributed by atoms with Gasteiger partial charge in [-0.1, -0.05) is 44.2 Å². The van der Waals surface area contributed by atoms with Crippen LogP contribution in [0.1, 0.15) is 38.7 Å². The van der Waals surface area contributed by atoms with Gasteiger partial charge in [0.05, 0.1) is 0 Å². The first-order valence-corrected chi connectivity index (χ1v) is 9.90. The molecule has 4 heteroatoms. The van der Waals surface area contributed by atoms with Gasteiger partial charge in [0.15, 0.2) is 0 Å². The predicted octanol–water partition coefficient (Wildman–Crippen LogP) is 2.75. The number of hydrogen-bond acceptors (Lipinski definition) is 3. The molecule has 1 aromatic carbocycles. The van der Waals surface area contributed by atoms with E-state index in [0.717, 1.165) is 19.6 Å². The molecule has 2 aliphatic rings. The van der Waals surface area contributed by atoms with E-state index in [1.165, 1.54) is 44.5 Å². The summed E-state index contributed by atoms with van der Waals surface area (Å²) in [5.74, 6) is 0.882. The lowest BCUT2D eigenvalue weighted by molar-refractivity contribution is -0.124. The lowest BCUT2D eigenvalue weighted by Crippen LogP contribution is -2.46. The smallest absolute Gasteiger partial charge is 0.222 e. The number of nitrogens with zero attached hydrogens (tertiary/aromatic N) is 2. The van der Waals surface area contributed by atoms with Crippen molar-refractivity contribution in [1.82, 2.24) is 15.1 Å². The van der Waals surface area contributed by atoms with Crippen molar-refractivity contribution >= 4 is 5.91 Å². The number of piperidine rings is 1. The molecule has 2 saturated heterocycles. The molecule has 0 bridgehead atoms. The Bertz CT molecular complexity index is 545. The minimum atomic E-state index is 0.0843. The second-order valence-corrected chi connectivity index (χ2v) is 8.07. The fourth-order valence-corrected chi connectivity index (χ4v) is 4.14. The number of carbonyl (C=O) groups is 1. The Kier molecular flexibility index (Phi) is 6.49. The molecule has 1 amide bonds. The van der Waals surface area contributed by atoms with Gasteiger partial charge in [0.1, 0.15) is 0 Å². The molecule has 2 atom stereocenters. The molecule has 0 saturated carbocycles. The van der Waals surface area contributed by atoms with Crippen molar-refractivity contribution in [3.8, 4) is 0 Å². The van der Waals surface area contributed by atoms with Gasteiger partial charge >= 0.3 is 0 Å². The second kappa shape index (κ2) is 8.81. The van der Waals surface area contributed by atoms with Crippen LogP contribution in [0.2, 0.25) is 0 Å². The number of nitrogens with one attached hydrogen (secondary N) is 1. The minimum Gasteiger partial charge on any atom is -0.356 e. The molecule has 3 rings (SSSR count). The predicted molar refractivity (Wildman–Crippen MR) is 102 cm³/mol. The van der Waals surface area contributed by atoms with Crippen molar-refractivity contribution in [2.45, 2.75) is 45.7 Å². The maximum absolute atomic E-state index is 11.8. The standard InChI is InChI=1S/C21H33N3O/c1-17(2)21(25)22-13-19-9-6-11-24(15-19)20-10-12-23(16-20)14-18-7-4-3-5-8-18/h3-5,7-8,17,19-20H,6,9-16H2,1-2H3,(H,22,25)/t19-,20-/m0/s1. The van der Waals surface area contributed by atoms with Crippen molar-refractivity contribution in [2.24, 2.45) is 11.8 Å². The van der Waals surface area contributed by atoms with Gasteiger partial charge in [0.2, 0.25) is 5.91 Å². The van der Waals surface area contributed by atoms with Crippen molar-refractivity contribution < 1.29 is 4.79 Å².